The van der Waals surface area contributed by atoms with Crippen molar-refractivity contribution in [2.45, 2.75) is 126 Å². The van der Waals surface area contributed by atoms with Gasteiger partial charge in [-0.15, -0.1) is 0 Å². The van der Waals surface area contributed by atoms with Crippen molar-refractivity contribution in [1.82, 2.24) is 19.6 Å². The van der Waals surface area contributed by atoms with Crippen LogP contribution in [-0.2, 0) is 14.8 Å². The number of aromatic amines is 1. The summed E-state index contributed by atoms with van der Waals surface area (Å²) in [5.41, 5.74) is 2.60. The van der Waals surface area contributed by atoms with Gasteiger partial charge in [-0.1, -0.05) is 44.5 Å². The lowest BCUT2D eigenvalue weighted by molar-refractivity contribution is -0.384. The third-order valence-corrected chi connectivity index (χ3v) is 17.6. The lowest BCUT2D eigenvalue weighted by Gasteiger charge is -2.57. The number of hydrogen-bond donors (Lipinski definition) is 4. The van der Waals surface area contributed by atoms with Gasteiger partial charge in [0.15, 0.2) is 17.2 Å². The Kier molecular flexibility index (Phi) is 13.8. The summed E-state index contributed by atoms with van der Waals surface area (Å²) >= 11 is 0. The molecule has 1 amide bonds. The Morgan fingerprint density at radius 1 is 1.03 bits per heavy atom. The number of piperidine rings is 1. The molecule has 73 heavy (non-hydrogen) atoms. The third-order valence-electron chi connectivity index (χ3n) is 16.3. The van der Waals surface area contributed by atoms with E-state index in [1.54, 1.807) is 26.0 Å². The van der Waals surface area contributed by atoms with E-state index in [-0.39, 0.29) is 82.1 Å². The molecule has 5 heterocycles. The second-order valence-corrected chi connectivity index (χ2v) is 23.3. The maximum Gasteiger partial charge on any atom is 0.297 e. The minimum Gasteiger partial charge on any atom is -0.489 e. The average molecular weight is 1020 g/mol. The Labute approximate surface area is 425 Å². The van der Waals surface area contributed by atoms with Crippen molar-refractivity contribution in [1.29, 1.82) is 0 Å². The molecule has 0 radical (unpaired) electrons. The summed E-state index contributed by atoms with van der Waals surface area (Å²) in [5, 5.41) is 26.3. The van der Waals surface area contributed by atoms with Crippen LogP contribution in [-0.4, -0.2) is 110 Å². The molecule has 5 aliphatic rings. The van der Waals surface area contributed by atoms with Gasteiger partial charge in [0, 0.05) is 75.5 Å². The number of sulfonamides is 1. The van der Waals surface area contributed by atoms with Gasteiger partial charge < -0.3 is 39.3 Å². The number of halogens is 1. The molecule has 10 rings (SSSR count). The molecule has 4 N–H and O–H groups in total. The molecule has 3 aliphatic heterocycles. The van der Waals surface area contributed by atoms with Crippen molar-refractivity contribution in [3.8, 4) is 23.1 Å². The number of nitrogens with zero attached hydrogens (tertiary/aromatic N) is 4. The largest absolute Gasteiger partial charge is 0.489 e. The van der Waals surface area contributed by atoms with E-state index in [0.29, 0.717) is 43.6 Å². The fourth-order valence-electron chi connectivity index (χ4n) is 11.9. The van der Waals surface area contributed by atoms with E-state index in [0.717, 1.165) is 63.0 Å². The number of fused-ring (bicyclic) bond motifs is 2. The zero-order chi connectivity index (χ0) is 51.4. The third kappa shape index (κ3) is 10.3. The molecule has 2 saturated carbocycles. The minimum atomic E-state index is -4.78. The molecule has 2 aromatic heterocycles. The number of anilines is 2. The van der Waals surface area contributed by atoms with Crippen molar-refractivity contribution in [2.24, 2.45) is 11.3 Å². The van der Waals surface area contributed by atoms with Crippen LogP contribution in [0.5, 0.6) is 23.1 Å². The van der Waals surface area contributed by atoms with Crippen LogP contribution in [0.4, 0.5) is 21.5 Å². The number of amides is 1. The Morgan fingerprint density at radius 2 is 1.78 bits per heavy atom. The standard InChI is InChI=1S/C54H66FN7O10S/c1-32(2)37-9-6-7-10-38(37)39-11-8-12-44(39)61-30-54(31-61)19-21-60(22-20-54)35-13-14-40(46(23-35)72-48-26-41-42(55)27-56-50(41)58-52(48)71-28-33(3)69-5)51(63)59-73(67,68)36-24-45(62(65)66)49-47(25-36)70-29-43(57-49)34-15-17-53(4,64)18-16-34/h6-7,9-10,13-14,23-27,32-34,39,43-44,57,64H,8,11-12,15-22,28-31H2,1-5H3,(H,56,58)(H,59,63)/t33?,34?,39-,43+,44-,53?/m0/s1. The van der Waals surface area contributed by atoms with Crippen LogP contribution in [0.1, 0.15) is 119 Å². The van der Waals surface area contributed by atoms with Crippen molar-refractivity contribution in [3.05, 3.63) is 99.5 Å². The van der Waals surface area contributed by atoms with Crippen LogP contribution in [0.15, 0.2) is 71.8 Å². The highest BCUT2D eigenvalue weighted by Crippen LogP contribution is 2.50. The molecule has 390 valence electrons. The predicted octanol–water partition coefficient (Wildman–Crippen LogP) is 9.41. The van der Waals surface area contributed by atoms with Gasteiger partial charge in [-0.25, -0.2) is 17.5 Å². The van der Waals surface area contributed by atoms with Gasteiger partial charge in [-0.05, 0) is 112 Å². The molecule has 2 aliphatic carbocycles. The van der Waals surface area contributed by atoms with Crippen molar-refractivity contribution in [2.75, 3.05) is 56.7 Å². The second kappa shape index (κ2) is 20.0. The monoisotopic (exact) mass is 1020 g/mol. The number of methoxy groups -OCH3 is 1. The number of rotatable bonds is 15. The predicted molar refractivity (Wildman–Crippen MR) is 274 cm³/mol. The number of hydrogen-bond acceptors (Lipinski definition) is 14. The van der Waals surface area contributed by atoms with Crippen molar-refractivity contribution >= 4 is 44.0 Å². The summed E-state index contributed by atoms with van der Waals surface area (Å²) in [5.74, 6) is -0.777. The van der Waals surface area contributed by atoms with Gasteiger partial charge in [0.25, 0.3) is 27.5 Å². The molecular formula is C54H66FN7O10S. The number of H-pyrrole nitrogens is 1. The number of likely N-dealkylation sites (tertiary alicyclic amines) is 1. The van der Waals surface area contributed by atoms with Crippen molar-refractivity contribution in [3.63, 3.8) is 0 Å². The summed E-state index contributed by atoms with van der Waals surface area (Å²) in [6.45, 7) is 11.9. The van der Waals surface area contributed by atoms with Crippen LogP contribution in [0.2, 0.25) is 0 Å². The van der Waals surface area contributed by atoms with Crippen LogP contribution in [0.25, 0.3) is 11.0 Å². The van der Waals surface area contributed by atoms with E-state index in [2.05, 4.69) is 67.9 Å². The summed E-state index contributed by atoms with van der Waals surface area (Å²) in [4.78, 5) is 37.8. The molecule has 0 bridgehead atoms. The summed E-state index contributed by atoms with van der Waals surface area (Å²) in [7, 11) is -3.25. The van der Waals surface area contributed by atoms with E-state index in [1.807, 2.05) is 0 Å². The Balaban J connectivity index is 0.904. The lowest BCUT2D eigenvalue weighted by atomic mass is 9.70. The van der Waals surface area contributed by atoms with Gasteiger partial charge >= 0.3 is 0 Å². The molecule has 1 spiro atoms. The fourth-order valence-corrected chi connectivity index (χ4v) is 12.9. The topological polar surface area (TPSA) is 211 Å². The fraction of sp³-hybridized carbons (Fsp3) is 0.519. The zero-order valence-corrected chi connectivity index (χ0v) is 42.9. The van der Waals surface area contributed by atoms with Crippen molar-refractivity contribution < 1.29 is 46.6 Å². The van der Waals surface area contributed by atoms with E-state index in [1.165, 1.54) is 49.6 Å². The molecule has 4 fully saturated rings. The Hall–Kier alpha value is -6.02. The Morgan fingerprint density at radius 3 is 2.51 bits per heavy atom. The van der Waals surface area contributed by atoms with Gasteiger partial charge in [0.1, 0.15) is 30.4 Å². The molecule has 2 saturated heterocycles. The smallest absolute Gasteiger partial charge is 0.297 e. The molecule has 4 atom stereocenters. The number of nitro groups is 1. The Bertz CT molecular complexity index is 2990. The van der Waals surface area contributed by atoms with Crippen LogP contribution in [0, 0.1) is 27.3 Å². The quantitative estimate of drug-likeness (QED) is 0.0569. The van der Waals surface area contributed by atoms with E-state index >= 15 is 4.39 Å². The highest BCUT2D eigenvalue weighted by atomic mass is 32.2. The number of aliphatic hydroxyl groups is 1. The van der Waals surface area contributed by atoms with Gasteiger partial charge in [-0.2, -0.15) is 4.98 Å². The maximum absolute atomic E-state index is 15.1. The summed E-state index contributed by atoms with van der Waals surface area (Å²) in [6.07, 6.45) is 8.87. The minimum absolute atomic E-state index is 0.0261. The van der Waals surface area contributed by atoms with E-state index in [4.69, 9.17) is 18.9 Å². The highest BCUT2D eigenvalue weighted by Gasteiger charge is 2.49. The number of aromatic nitrogens is 2. The first-order valence-corrected chi connectivity index (χ1v) is 27.1. The van der Waals surface area contributed by atoms with E-state index < -0.39 is 42.9 Å². The van der Waals surface area contributed by atoms with Crippen LogP contribution < -0.4 is 29.1 Å². The number of pyridine rings is 1. The number of benzene rings is 3. The average Bonchev–Trinajstić information content (AvgIpc) is 4.00. The highest BCUT2D eigenvalue weighted by molar-refractivity contribution is 7.90. The normalized spacial score (nSPS) is 24.4. The number of ether oxygens (including phenoxy) is 4. The van der Waals surface area contributed by atoms with Gasteiger partial charge in [-0.3, -0.25) is 19.8 Å². The molecule has 3 aromatic carbocycles. The first kappa shape index (κ1) is 50.5. The maximum atomic E-state index is 15.1. The van der Waals surface area contributed by atoms with Crippen LogP contribution >= 0.6 is 0 Å². The molecule has 1 unspecified atom stereocenters. The lowest BCUT2D eigenvalue weighted by Crippen LogP contribution is -2.63. The number of carbonyl (C=O) groups excluding carboxylic acids is 1. The number of carbonyl (C=O) groups is 1. The zero-order valence-electron chi connectivity index (χ0n) is 42.1. The van der Waals surface area contributed by atoms with Gasteiger partial charge in [0.2, 0.25) is 0 Å². The first-order chi connectivity index (χ1) is 34.9. The summed E-state index contributed by atoms with van der Waals surface area (Å²) in [6, 6.07) is 17.5. The molecule has 19 heteroatoms. The van der Waals surface area contributed by atoms with E-state index in [9.17, 15) is 28.4 Å². The van der Waals surface area contributed by atoms with Gasteiger partial charge in [0.05, 0.1) is 38.5 Å². The molecule has 5 aromatic rings. The number of nitrogens with one attached hydrogen (secondary N) is 3. The second-order valence-electron chi connectivity index (χ2n) is 21.6. The molecular weight excluding hydrogens is 958 g/mol. The SMILES string of the molecule is COC(C)COc1nc2[nH]cc(F)c2cc1Oc1cc(N2CCC3(CC2)CN([C@H]2CCC[C@H]2c2ccccc2C(C)C)C3)ccc1C(=O)NS(=O)(=O)c1cc2c(c([N+](=O)[O-])c1)N[C@@H](C1CCC(C)(O)CC1)CO2. The summed E-state index contributed by atoms with van der Waals surface area (Å²) < 4.78 is 69.4. The van der Waals surface area contributed by atoms with Crippen LogP contribution in [0.3, 0.4) is 0 Å². The first-order valence-electron chi connectivity index (χ1n) is 25.6. The molecule has 17 nitrogen and oxygen atoms in total. The number of nitro benzene ring substituents is 1.